The number of aliphatic carboxylic acids is 1. The van der Waals surface area contributed by atoms with Crippen molar-refractivity contribution in [1.82, 2.24) is 9.88 Å². The lowest BCUT2D eigenvalue weighted by molar-refractivity contribution is -0.137. The van der Waals surface area contributed by atoms with E-state index in [1.165, 1.54) is 11.7 Å². The van der Waals surface area contributed by atoms with Crippen molar-refractivity contribution in [1.29, 1.82) is 0 Å². The summed E-state index contributed by atoms with van der Waals surface area (Å²) in [7, 11) is 1.38. The van der Waals surface area contributed by atoms with Gasteiger partial charge < -0.3 is 25.0 Å². The number of nitrogens with zero attached hydrogens (tertiary/aromatic N) is 1. The SMILES string of the molecule is COc1ccn(Cc2ccccc2Cl)c(=O)c1NC(=O)N[C@H](CC(=O)O)c1ccc(C)cc1. The molecule has 1 aromatic heterocycles. The lowest BCUT2D eigenvalue weighted by Gasteiger charge is -2.19. The van der Waals surface area contributed by atoms with Crippen LogP contribution in [0.4, 0.5) is 10.5 Å². The van der Waals surface area contributed by atoms with Crippen LogP contribution in [0.15, 0.2) is 65.6 Å². The first-order chi connectivity index (χ1) is 15.8. The molecule has 0 saturated carbocycles. The van der Waals surface area contributed by atoms with Crippen LogP contribution in [0.2, 0.25) is 5.02 Å². The van der Waals surface area contributed by atoms with Crippen LogP contribution in [0.1, 0.15) is 29.2 Å². The fourth-order valence-corrected chi connectivity index (χ4v) is 3.51. The van der Waals surface area contributed by atoms with Crippen LogP contribution in [-0.2, 0) is 11.3 Å². The summed E-state index contributed by atoms with van der Waals surface area (Å²) in [6.07, 6.45) is 1.23. The van der Waals surface area contributed by atoms with Crippen molar-refractivity contribution < 1.29 is 19.4 Å². The van der Waals surface area contributed by atoms with Gasteiger partial charge in [-0.25, -0.2) is 4.79 Å². The van der Waals surface area contributed by atoms with Gasteiger partial charge in [0, 0.05) is 11.2 Å². The van der Waals surface area contributed by atoms with Crippen LogP contribution in [0, 0.1) is 6.92 Å². The minimum absolute atomic E-state index is 0.0671. The van der Waals surface area contributed by atoms with Crippen molar-refractivity contribution in [3.05, 3.63) is 92.9 Å². The summed E-state index contributed by atoms with van der Waals surface area (Å²) in [4.78, 5) is 37.2. The highest BCUT2D eigenvalue weighted by molar-refractivity contribution is 6.31. The van der Waals surface area contributed by atoms with E-state index >= 15 is 0 Å². The van der Waals surface area contributed by atoms with E-state index in [2.05, 4.69) is 10.6 Å². The van der Waals surface area contributed by atoms with Gasteiger partial charge in [-0.3, -0.25) is 9.59 Å². The highest BCUT2D eigenvalue weighted by Crippen LogP contribution is 2.22. The number of urea groups is 1. The topological polar surface area (TPSA) is 110 Å². The maximum Gasteiger partial charge on any atom is 0.319 e. The third kappa shape index (κ3) is 6.14. The molecule has 0 saturated heterocycles. The number of amides is 2. The monoisotopic (exact) mass is 469 g/mol. The maximum atomic E-state index is 13.1. The molecule has 0 unspecified atom stereocenters. The van der Waals surface area contributed by atoms with Gasteiger partial charge in [-0.05, 0) is 30.2 Å². The fourth-order valence-electron chi connectivity index (χ4n) is 3.31. The number of benzene rings is 2. The van der Waals surface area contributed by atoms with Crippen molar-refractivity contribution in [3.8, 4) is 5.75 Å². The quantitative estimate of drug-likeness (QED) is 0.458. The van der Waals surface area contributed by atoms with Gasteiger partial charge in [-0.2, -0.15) is 0 Å². The Hall–Kier alpha value is -3.78. The van der Waals surface area contributed by atoms with E-state index in [4.69, 9.17) is 16.3 Å². The molecule has 3 N–H and O–H groups in total. The molecule has 2 aromatic carbocycles. The number of carbonyl (C=O) groups is 2. The van der Waals surface area contributed by atoms with Gasteiger partial charge in [0.1, 0.15) is 5.75 Å². The molecule has 3 rings (SSSR count). The average Bonchev–Trinajstić information content (AvgIpc) is 2.78. The molecule has 33 heavy (non-hydrogen) atoms. The number of anilines is 1. The molecule has 1 heterocycles. The molecule has 0 aliphatic heterocycles. The first kappa shape index (κ1) is 23.9. The van der Waals surface area contributed by atoms with Gasteiger partial charge in [0.25, 0.3) is 5.56 Å². The Kier molecular flexibility index (Phi) is 7.74. The second kappa shape index (κ2) is 10.7. The third-order valence-electron chi connectivity index (χ3n) is 5.05. The van der Waals surface area contributed by atoms with Crippen LogP contribution in [-0.4, -0.2) is 28.8 Å². The molecule has 2 amide bonds. The fraction of sp³-hybridized carbons (Fsp3) is 0.208. The number of carboxylic acids is 1. The Morgan fingerprint density at radius 3 is 2.45 bits per heavy atom. The Balaban J connectivity index is 1.85. The van der Waals surface area contributed by atoms with E-state index < -0.39 is 23.6 Å². The number of methoxy groups -OCH3 is 1. The summed E-state index contributed by atoms with van der Waals surface area (Å²) in [6, 6.07) is 14.3. The number of aromatic nitrogens is 1. The smallest absolute Gasteiger partial charge is 0.319 e. The lowest BCUT2D eigenvalue weighted by Crippen LogP contribution is -2.36. The Morgan fingerprint density at radius 1 is 1.12 bits per heavy atom. The zero-order valence-corrected chi connectivity index (χ0v) is 18.9. The molecule has 3 aromatic rings. The third-order valence-corrected chi connectivity index (χ3v) is 5.42. The zero-order valence-electron chi connectivity index (χ0n) is 18.2. The second-order valence-electron chi connectivity index (χ2n) is 7.44. The first-order valence-electron chi connectivity index (χ1n) is 10.1. The van der Waals surface area contributed by atoms with E-state index in [1.54, 1.807) is 42.6 Å². The highest BCUT2D eigenvalue weighted by atomic mass is 35.5. The molecule has 1 atom stereocenters. The van der Waals surface area contributed by atoms with Crippen LogP contribution in [0.25, 0.3) is 0 Å². The standard InChI is InChI=1S/C24H24ClN3O5/c1-15-7-9-16(10-8-15)19(13-21(29)30)26-24(32)27-22-20(33-2)11-12-28(23(22)31)14-17-5-3-4-6-18(17)25/h3-12,19H,13-14H2,1-2H3,(H,29,30)(H2,26,27,32)/t19-/m1/s1. The molecule has 172 valence electrons. The van der Waals surface area contributed by atoms with Gasteiger partial charge in [-0.1, -0.05) is 59.6 Å². The minimum atomic E-state index is -1.07. The number of pyridine rings is 1. The number of nitrogens with one attached hydrogen (secondary N) is 2. The van der Waals surface area contributed by atoms with Crippen molar-refractivity contribution in [2.75, 3.05) is 12.4 Å². The molecule has 8 nitrogen and oxygen atoms in total. The van der Waals surface area contributed by atoms with Gasteiger partial charge in [-0.15, -0.1) is 0 Å². The lowest BCUT2D eigenvalue weighted by atomic mass is 10.0. The van der Waals surface area contributed by atoms with Gasteiger partial charge >= 0.3 is 12.0 Å². The van der Waals surface area contributed by atoms with Gasteiger partial charge in [0.15, 0.2) is 5.69 Å². The van der Waals surface area contributed by atoms with Crippen LogP contribution >= 0.6 is 11.6 Å². The highest BCUT2D eigenvalue weighted by Gasteiger charge is 2.20. The van der Waals surface area contributed by atoms with E-state index in [0.717, 1.165) is 11.1 Å². The van der Waals surface area contributed by atoms with Crippen LogP contribution in [0.3, 0.4) is 0 Å². The average molecular weight is 470 g/mol. The van der Waals surface area contributed by atoms with E-state index in [1.807, 2.05) is 25.1 Å². The van der Waals surface area contributed by atoms with E-state index in [0.29, 0.717) is 10.6 Å². The summed E-state index contributed by atoms with van der Waals surface area (Å²) in [5.74, 6) is -0.893. The minimum Gasteiger partial charge on any atom is -0.494 e. The number of rotatable bonds is 8. The van der Waals surface area contributed by atoms with Crippen LogP contribution < -0.4 is 20.9 Å². The molecule has 9 heteroatoms. The summed E-state index contributed by atoms with van der Waals surface area (Å²) >= 11 is 6.21. The van der Waals surface area contributed by atoms with Crippen molar-refractivity contribution in [3.63, 3.8) is 0 Å². The Labute approximate surface area is 195 Å². The molecule has 0 bridgehead atoms. The number of hydrogen-bond donors (Lipinski definition) is 3. The van der Waals surface area contributed by atoms with Crippen molar-refractivity contribution >= 4 is 29.3 Å². The maximum absolute atomic E-state index is 13.1. The summed E-state index contributed by atoms with van der Waals surface area (Å²) in [5, 5.41) is 14.9. The number of halogens is 1. The first-order valence-corrected chi connectivity index (χ1v) is 10.5. The van der Waals surface area contributed by atoms with Crippen molar-refractivity contribution in [2.45, 2.75) is 25.9 Å². The van der Waals surface area contributed by atoms with E-state index in [-0.39, 0.29) is 24.4 Å². The zero-order chi connectivity index (χ0) is 24.0. The molecular formula is C24H24ClN3O5. The second-order valence-corrected chi connectivity index (χ2v) is 7.85. The Morgan fingerprint density at radius 2 is 1.82 bits per heavy atom. The van der Waals surface area contributed by atoms with E-state index in [9.17, 15) is 19.5 Å². The summed E-state index contributed by atoms with van der Waals surface area (Å²) in [5.41, 5.74) is 1.82. The number of aryl methyl sites for hydroxylation is 1. The number of carboxylic acid groups (broad SMARTS) is 1. The molecule has 0 radical (unpaired) electrons. The normalized spacial score (nSPS) is 11.5. The van der Waals surface area contributed by atoms with Gasteiger partial charge in [0.2, 0.25) is 0 Å². The molecule has 0 fully saturated rings. The van der Waals surface area contributed by atoms with Gasteiger partial charge in [0.05, 0.1) is 26.1 Å². The number of carbonyl (C=O) groups excluding carboxylic acids is 1. The molecule has 0 aliphatic carbocycles. The van der Waals surface area contributed by atoms with Crippen molar-refractivity contribution in [2.24, 2.45) is 0 Å². The molecule has 0 spiro atoms. The number of hydrogen-bond acceptors (Lipinski definition) is 4. The summed E-state index contributed by atoms with van der Waals surface area (Å²) < 4.78 is 6.64. The number of ether oxygens (including phenoxy) is 1. The Bertz CT molecular complexity index is 1210. The molecular weight excluding hydrogens is 446 g/mol. The summed E-state index contributed by atoms with van der Waals surface area (Å²) in [6.45, 7) is 2.11. The largest absolute Gasteiger partial charge is 0.494 e. The predicted molar refractivity (Wildman–Crippen MR) is 126 cm³/mol. The predicted octanol–water partition coefficient (Wildman–Crippen LogP) is 4.20. The molecule has 0 aliphatic rings. The van der Waals surface area contributed by atoms with Crippen LogP contribution in [0.5, 0.6) is 5.75 Å².